The lowest BCUT2D eigenvalue weighted by Crippen LogP contribution is -2.19. The first-order valence-electron chi connectivity index (χ1n) is 6.56. The molecular formula is C17H19ClO. The molecule has 2 aromatic rings. The second-order valence-corrected chi connectivity index (χ2v) is 5.47. The van der Waals surface area contributed by atoms with Crippen LogP contribution in [0.3, 0.4) is 0 Å². The third kappa shape index (κ3) is 3.59. The molecule has 0 aromatic heterocycles. The van der Waals surface area contributed by atoms with Crippen molar-refractivity contribution in [2.45, 2.75) is 32.3 Å². The molecule has 2 atom stereocenters. The van der Waals surface area contributed by atoms with E-state index in [4.69, 9.17) is 11.6 Å². The highest BCUT2D eigenvalue weighted by Gasteiger charge is 2.17. The van der Waals surface area contributed by atoms with Crippen molar-refractivity contribution in [3.63, 3.8) is 0 Å². The van der Waals surface area contributed by atoms with Crippen molar-refractivity contribution in [2.75, 3.05) is 0 Å². The Kier molecular flexibility index (Phi) is 4.62. The van der Waals surface area contributed by atoms with Gasteiger partial charge in [-0.15, -0.1) is 0 Å². The van der Waals surface area contributed by atoms with Gasteiger partial charge < -0.3 is 5.11 Å². The monoisotopic (exact) mass is 274 g/mol. The van der Waals surface area contributed by atoms with Crippen LogP contribution in [0.5, 0.6) is 0 Å². The normalized spacial score (nSPS) is 14.1. The topological polar surface area (TPSA) is 20.2 Å². The molecule has 0 saturated heterocycles. The molecule has 0 aliphatic rings. The zero-order valence-corrected chi connectivity index (χ0v) is 12.1. The van der Waals surface area contributed by atoms with E-state index in [1.54, 1.807) is 0 Å². The third-order valence-electron chi connectivity index (χ3n) is 3.54. The first-order valence-corrected chi connectivity index (χ1v) is 6.94. The Morgan fingerprint density at radius 3 is 2.42 bits per heavy atom. The van der Waals surface area contributed by atoms with Crippen molar-refractivity contribution >= 4 is 11.6 Å². The molecule has 2 aromatic carbocycles. The first kappa shape index (κ1) is 14.1. The minimum absolute atomic E-state index is 0.0959. The zero-order valence-electron chi connectivity index (χ0n) is 11.3. The van der Waals surface area contributed by atoms with E-state index in [9.17, 15) is 5.11 Å². The molecule has 0 aliphatic heterocycles. The van der Waals surface area contributed by atoms with Crippen LogP contribution in [0.25, 0.3) is 0 Å². The van der Waals surface area contributed by atoms with Crippen LogP contribution in [-0.2, 0) is 6.42 Å². The van der Waals surface area contributed by atoms with Crippen molar-refractivity contribution in [2.24, 2.45) is 0 Å². The van der Waals surface area contributed by atoms with Crippen LogP contribution in [0.4, 0.5) is 0 Å². The molecule has 2 unspecified atom stereocenters. The minimum Gasteiger partial charge on any atom is -0.392 e. The number of hydrogen-bond donors (Lipinski definition) is 1. The Bertz CT molecular complexity index is 536. The molecule has 100 valence electrons. The third-order valence-corrected chi connectivity index (χ3v) is 3.89. The first-order chi connectivity index (χ1) is 9.08. The highest BCUT2D eigenvalue weighted by molar-refractivity contribution is 6.31. The molecule has 1 N–H and O–H groups in total. The SMILES string of the molecule is Cc1ccc(CC(O)C(C)c2ccccc2)c(Cl)c1. The van der Waals surface area contributed by atoms with Gasteiger partial charge >= 0.3 is 0 Å². The summed E-state index contributed by atoms with van der Waals surface area (Å²) in [6, 6.07) is 16.0. The quantitative estimate of drug-likeness (QED) is 0.878. The summed E-state index contributed by atoms with van der Waals surface area (Å²) in [6.45, 7) is 4.06. The van der Waals surface area contributed by atoms with Gasteiger partial charge in [0.15, 0.2) is 0 Å². The van der Waals surface area contributed by atoms with Crippen molar-refractivity contribution < 1.29 is 5.11 Å². The molecular weight excluding hydrogens is 256 g/mol. The van der Waals surface area contributed by atoms with E-state index in [-0.39, 0.29) is 5.92 Å². The lowest BCUT2D eigenvalue weighted by atomic mass is 9.91. The average Bonchev–Trinajstić information content (AvgIpc) is 2.42. The minimum atomic E-state index is -0.428. The number of aryl methyl sites for hydroxylation is 1. The van der Waals surface area contributed by atoms with Gasteiger partial charge in [-0.3, -0.25) is 0 Å². The van der Waals surface area contributed by atoms with Crippen LogP contribution in [0, 0.1) is 6.92 Å². The van der Waals surface area contributed by atoms with Crippen molar-refractivity contribution in [1.29, 1.82) is 0 Å². The highest BCUT2D eigenvalue weighted by Crippen LogP contribution is 2.25. The number of rotatable bonds is 4. The van der Waals surface area contributed by atoms with Gasteiger partial charge in [0.2, 0.25) is 0 Å². The van der Waals surface area contributed by atoms with Crippen molar-refractivity contribution in [3.05, 3.63) is 70.2 Å². The molecule has 0 fully saturated rings. The van der Waals surface area contributed by atoms with Crippen LogP contribution in [-0.4, -0.2) is 11.2 Å². The molecule has 1 nitrogen and oxygen atoms in total. The number of halogens is 1. The number of hydrogen-bond acceptors (Lipinski definition) is 1. The molecule has 0 aliphatic carbocycles. The fraction of sp³-hybridized carbons (Fsp3) is 0.294. The second kappa shape index (κ2) is 6.23. The van der Waals surface area contributed by atoms with Gasteiger partial charge in [-0.25, -0.2) is 0 Å². The second-order valence-electron chi connectivity index (χ2n) is 5.07. The van der Waals surface area contributed by atoms with Gasteiger partial charge in [0.25, 0.3) is 0 Å². The van der Waals surface area contributed by atoms with E-state index >= 15 is 0 Å². The lowest BCUT2D eigenvalue weighted by molar-refractivity contribution is 0.149. The van der Waals surface area contributed by atoms with Crippen LogP contribution < -0.4 is 0 Å². The average molecular weight is 275 g/mol. The van der Waals surface area contributed by atoms with E-state index in [2.05, 4.69) is 0 Å². The molecule has 0 amide bonds. The largest absolute Gasteiger partial charge is 0.392 e. The summed E-state index contributed by atoms with van der Waals surface area (Å²) in [6.07, 6.45) is 0.150. The predicted octanol–water partition coefficient (Wildman–Crippen LogP) is 4.36. The summed E-state index contributed by atoms with van der Waals surface area (Å²) in [7, 11) is 0. The maximum atomic E-state index is 10.4. The number of benzene rings is 2. The van der Waals surface area contributed by atoms with Crippen LogP contribution in [0.15, 0.2) is 48.5 Å². The van der Waals surface area contributed by atoms with Crippen molar-refractivity contribution in [1.82, 2.24) is 0 Å². The van der Waals surface area contributed by atoms with Crippen LogP contribution in [0.1, 0.15) is 29.5 Å². The molecule has 0 saturated carbocycles. The number of aliphatic hydroxyl groups excluding tert-OH is 1. The van der Waals surface area contributed by atoms with Gasteiger partial charge in [-0.2, -0.15) is 0 Å². The summed E-state index contributed by atoms with van der Waals surface area (Å²) in [4.78, 5) is 0. The van der Waals surface area contributed by atoms with Gasteiger partial charge in [-0.1, -0.05) is 61.0 Å². The smallest absolute Gasteiger partial charge is 0.0646 e. The van der Waals surface area contributed by atoms with Gasteiger partial charge in [0.1, 0.15) is 0 Å². The molecule has 0 bridgehead atoms. The Hall–Kier alpha value is -1.31. The van der Waals surface area contributed by atoms with E-state index < -0.39 is 6.10 Å². The van der Waals surface area contributed by atoms with Crippen LogP contribution in [0.2, 0.25) is 5.02 Å². The van der Waals surface area contributed by atoms with Gasteiger partial charge in [-0.05, 0) is 29.7 Å². The van der Waals surface area contributed by atoms with Crippen LogP contribution >= 0.6 is 11.6 Å². The molecule has 19 heavy (non-hydrogen) atoms. The fourth-order valence-corrected chi connectivity index (χ4v) is 2.51. The Morgan fingerprint density at radius 1 is 1.11 bits per heavy atom. The summed E-state index contributed by atoms with van der Waals surface area (Å²) in [5.41, 5.74) is 3.29. The van der Waals surface area contributed by atoms with Crippen molar-refractivity contribution in [3.8, 4) is 0 Å². The molecule has 0 spiro atoms. The molecule has 0 radical (unpaired) electrons. The predicted molar refractivity (Wildman–Crippen MR) is 80.8 cm³/mol. The molecule has 0 heterocycles. The highest BCUT2D eigenvalue weighted by atomic mass is 35.5. The molecule has 2 rings (SSSR count). The maximum Gasteiger partial charge on any atom is 0.0646 e. The fourth-order valence-electron chi connectivity index (χ4n) is 2.20. The van der Waals surface area contributed by atoms with Gasteiger partial charge in [0.05, 0.1) is 6.10 Å². The summed E-state index contributed by atoms with van der Waals surface area (Å²) < 4.78 is 0. The van der Waals surface area contributed by atoms with Gasteiger partial charge in [0, 0.05) is 17.4 Å². The standard InChI is InChI=1S/C17H19ClO/c1-12-8-9-15(16(18)10-12)11-17(19)13(2)14-6-4-3-5-7-14/h3-10,13,17,19H,11H2,1-2H3. The summed E-state index contributed by atoms with van der Waals surface area (Å²) >= 11 is 6.21. The number of aliphatic hydroxyl groups is 1. The van der Waals surface area contributed by atoms with E-state index in [1.165, 1.54) is 0 Å². The van der Waals surface area contributed by atoms with E-state index in [0.717, 1.165) is 21.7 Å². The molecule has 2 heteroatoms. The summed E-state index contributed by atoms with van der Waals surface area (Å²) in [5, 5.41) is 11.1. The van der Waals surface area contributed by atoms with E-state index in [1.807, 2.05) is 62.4 Å². The Morgan fingerprint density at radius 2 is 1.79 bits per heavy atom. The lowest BCUT2D eigenvalue weighted by Gasteiger charge is -2.20. The summed E-state index contributed by atoms with van der Waals surface area (Å²) in [5.74, 6) is 0.0959. The van der Waals surface area contributed by atoms with E-state index in [0.29, 0.717) is 6.42 Å². The zero-order chi connectivity index (χ0) is 13.8. The Labute approximate surface area is 119 Å². The Balaban J connectivity index is 2.10. The maximum absolute atomic E-state index is 10.4.